The lowest BCUT2D eigenvalue weighted by Crippen LogP contribution is -1.90. The Kier molecular flexibility index (Phi) is 16.5. The highest BCUT2D eigenvalue weighted by molar-refractivity contribution is 4.64. The van der Waals surface area contributed by atoms with E-state index in [2.05, 4.69) is 6.58 Å². The first-order chi connectivity index (χ1) is 1.91. The van der Waals surface area contributed by atoms with Crippen molar-refractivity contribution in [3.63, 3.8) is 0 Å². The van der Waals surface area contributed by atoms with Crippen LogP contribution < -0.4 is 5.73 Å². The molecule has 0 aromatic rings. The normalized spacial score (nSPS) is 5.00. The summed E-state index contributed by atoms with van der Waals surface area (Å²) >= 11 is 0. The molecule has 0 fully saturated rings. The summed E-state index contributed by atoms with van der Waals surface area (Å²) in [6.45, 7) is 3.94. The second-order valence-corrected chi connectivity index (χ2v) is 0.524. The van der Waals surface area contributed by atoms with E-state index in [-0.39, 0.29) is 7.43 Å². The zero-order valence-electron chi connectivity index (χ0n) is 2.57. The summed E-state index contributed by atoms with van der Waals surface area (Å²) in [7, 11) is 0. The lowest BCUT2D eigenvalue weighted by Gasteiger charge is -1.61. The van der Waals surface area contributed by atoms with Crippen molar-refractivity contribution in [3.05, 3.63) is 12.7 Å². The first-order valence-corrected chi connectivity index (χ1v) is 1.22. The molecule has 0 radical (unpaired) electrons. The SMILES string of the molecule is C.C=CCN. The molecular weight excluding hydrogens is 62.1 g/mol. The minimum absolute atomic E-state index is 0. The van der Waals surface area contributed by atoms with Crippen LogP contribution in [0.15, 0.2) is 12.7 Å². The van der Waals surface area contributed by atoms with Gasteiger partial charge in [-0.15, -0.1) is 6.58 Å². The first kappa shape index (κ1) is 8.83. The van der Waals surface area contributed by atoms with E-state index < -0.39 is 0 Å². The second-order valence-electron chi connectivity index (χ2n) is 0.524. The van der Waals surface area contributed by atoms with E-state index in [0.717, 1.165) is 0 Å². The summed E-state index contributed by atoms with van der Waals surface area (Å²) in [6, 6.07) is 0. The molecule has 1 nitrogen and oxygen atoms in total. The molecule has 0 amide bonds. The molecule has 2 N–H and O–H groups in total. The van der Waals surface area contributed by atoms with E-state index in [9.17, 15) is 0 Å². The third kappa shape index (κ3) is 21.8. The maximum Gasteiger partial charge on any atom is 0.0104 e. The Bertz CT molecular complexity index is 17.6. The van der Waals surface area contributed by atoms with E-state index in [4.69, 9.17) is 5.73 Å². The smallest absolute Gasteiger partial charge is 0.0104 e. The Labute approximate surface area is 33.5 Å². The van der Waals surface area contributed by atoms with Gasteiger partial charge >= 0.3 is 0 Å². The average Bonchev–Trinajstić information content (AvgIpc) is 1.37. The van der Waals surface area contributed by atoms with Gasteiger partial charge in [0, 0.05) is 6.54 Å². The lowest BCUT2D eigenvalue weighted by molar-refractivity contribution is 1.26. The fourth-order valence-electron chi connectivity index (χ4n) is 0. The van der Waals surface area contributed by atoms with Gasteiger partial charge in [-0.1, -0.05) is 13.5 Å². The molecule has 0 aromatic heterocycles. The molecule has 0 aliphatic heterocycles. The molecule has 0 aromatic carbocycles. The van der Waals surface area contributed by atoms with Gasteiger partial charge in [0.2, 0.25) is 0 Å². The Balaban J connectivity index is 0. The Morgan fingerprint density at radius 3 is 2.00 bits per heavy atom. The van der Waals surface area contributed by atoms with Crippen molar-refractivity contribution in [2.75, 3.05) is 6.54 Å². The minimum Gasteiger partial charge on any atom is -0.327 e. The summed E-state index contributed by atoms with van der Waals surface area (Å²) in [5, 5.41) is 0. The number of rotatable bonds is 1. The average molecular weight is 73.1 g/mol. The quantitative estimate of drug-likeness (QED) is 0.456. The minimum atomic E-state index is 0. The summed E-state index contributed by atoms with van der Waals surface area (Å²) in [5.41, 5.74) is 4.91. The van der Waals surface area contributed by atoms with Gasteiger partial charge in [0.1, 0.15) is 0 Å². The molecule has 0 bridgehead atoms. The van der Waals surface area contributed by atoms with Crippen LogP contribution in [0.1, 0.15) is 7.43 Å². The largest absolute Gasteiger partial charge is 0.327 e. The van der Waals surface area contributed by atoms with Crippen LogP contribution in [0.2, 0.25) is 0 Å². The maximum atomic E-state index is 4.91. The molecule has 0 atom stereocenters. The van der Waals surface area contributed by atoms with Gasteiger partial charge in [-0.05, 0) is 0 Å². The predicted octanol–water partition coefficient (Wildman–Crippen LogP) is 0.767. The van der Waals surface area contributed by atoms with Crippen molar-refractivity contribution < 1.29 is 0 Å². The molecule has 32 valence electrons. The van der Waals surface area contributed by atoms with Crippen LogP contribution in [0, 0.1) is 0 Å². The standard InChI is InChI=1S/C3H7N.CH4/c1-2-3-4;/h2H,1,3-4H2;1H4. The van der Waals surface area contributed by atoms with Crippen LogP contribution in [0.4, 0.5) is 0 Å². The van der Waals surface area contributed by atoms with Crippen molar-refractivity contribution in [2.45, 2.75) is 7.43 Å². The van der Waals surface area contributed by atoms with Gasteiger partial charge in [-0.25, -0.2) is 0 Å². The van der Waals surface area contributed by atoms with Crippen molar-refractivity contribution in [1.29, 1.82) is 0 Å². The fourth-order valence-corrected chi connectivity index (χ4v) is 0. The fraction of sp³-hybridized carbons (Fsp3) is 0.500. The number of hydrogen-bond acceptors (Lipinski definition) is 1. The van der Waals surface area contributed by atoms with Crippen LogP contribution in [0.25, 0.3) is 0 Å². The third-order valence-corrected chi connectivity index (χ3v) is 0.167. The molecule has 1 heteroatoms. The van der Waals surface area contributed by atoms with Crippen LogP contribution >= 0.6 is 0 Å². The topological polar surface area (TPSA) is 26.0 Å². The molecule has 0 spiro atoms. The van der Waals surface area contributed by atoms with Gasteiger partial charge in [-0.3, -0.25) is 0 Å². The van der Waals surface area contributed by atoms with E-state index in [1.165, 1.54) is 0 Å². The van der Waals surface area contributed by atoms with E-state index in [1.807, 2.05) is 0 Å². The van der Waals surface area contributed by atoms with Gasteiger partial charge in [-0.2, -0.15) is 0 Å². The van der Waals surface area contributed by atoms with Gasteiger partial charge in [0.05, 0.1) is 0 Å². The van der Waals surface area contributed by atoms with Crippen molar-refractivity contribution in [3.8, 4) is 0 Å². The molecule has 0 saturated carbocycles. The van der Waals surface area contributed by atoms with Crippen molar-refractivity contribution in [2.24, 2.45) is 5.73 Å². The second kappa shape index (κ2) is 9.33. The number of nitrogens with two attached hydrogens (primary N) is 1. The zero-order valence-corrected chi connectivity index (χ0v) is 2.57. The molecule has 0 rings (SSSR count). The van der Waals surface area contributed by atoms with Crippen molar-refractivity contribution >= 4 is 0 Å². The molecular formula is C4H11N. The Morgan fingerprint density at radius 1 is 1.80 bits per heavy atom. The van der Waals surface area contributed by atoms with E-state index in [0.29, 0.717) is 6.54 Å². The summed E-state index contributed by atoms with van der Waals surface area (Å²) in [6.07, 6.45) is 1.65. The summed E-state index contributed by atoms with van der Waals surface area (Å²) in [5.74, 6) is 0. The number of hydrogen-bond donors (Lipinski definition) is 1. The highest BCUT2D eigenvalue weighted by atomic mass is 14.5. The summed E-state index contributed by atoms with van der Waals surface area (Å²) in [4.78, 5) is 0. The van der Waals surface area contributed by atoms with Gasteiger partial charge in [0.15, 0.2) is 0 Å². The van der Waals surface area contributed by atoms with Crippen LogP contribution in [-0.2, 0) is 0 Å². The zero-order chi connectivity index (χ0) is 3.41. The third-order valence-electron chi connectivity index (χ3n) is 0.167. The monoisotopic (exact) mass is 73.1 g/mol. The highest BCUT2D eigenvalue weighted by Crippen LogP contribution is 1.40. The Hall–Kier alpha value is -0.300. The molecule has 0 unspecified atom stereocenters. The van der Waals surface area contributed by atoms with E-state index in [1.54, 1.807) is 6.08 Å². The van der Waals surface area contributed by atoms with E-state index >= 15 is 0 Å². The van der Waals surface area contributed by atoms with Crippen LogP contribution in [0.3, 0.4) is 0 Å². The van der Waals surface area contributed by atoms with Crippen molar-refractivity contribution in [1.82, 2.24) is 0 Å². The molecule has 0 heterocycles. The maximum absolute atomic E-state index is 4.91. The highest BCUT2D eigenvalue weighted by Gasteiger charge is 1.43. The molecule has 5 heavy (non-hydrogen) atoms. The van der Waals surface area contributed by atoms with Crippen LogP contribution in [-0.4, -0.2) is 6.54 Å². The van der Waals surface area contributed by atoms with Gasteiger partial charge in [0.25, 0.3) is 0 Å². The van der Waals surface area contributed by atoms with Crippen LogP contribution in [0.5, 0.6) is 0 Å². The summed E-state index contributed by atoms with van der Waals surface area (Å²) < 4.78 is 0. The molecule has 0 aliphatic carbocycles. The first-order valence-electron chi connectivity index (χ1n) is 1.22. The molecule has 0 saturated heterocycles. The molecule has 0 aliphatic rings. The lowest BCUT2D eigenvalue weighted by atomic mass is 10.7. The predicted molar refractivity (Wildman–Crippen MR) is 26.0 cm³/mol. The van der Waals surface area contributed by atoms with Gasteiger partial charge < -0.3 is 5.73 Å². The Morgan fingerprint density at radius 2 is 2.00 bits per heavy atom.